The van der Waals surface area contributed by atoms with Gasteiger partial charge in [0.1, 0.15) is 6.54 Å². The zero-order valence-corrected chi connectivity index (χ0v) is 18.0. The van der Waals surface area contributed by atoms with E-state index in [9.17, 15) is 4.79 Å². The van der Waals surface area contributed by atoms with Gasteiger partial charge in [-0.3, -0.25) is 4.79 Å². The molecule has 1 saturated heterocycles. The lowest BCUT2D eigenvalue weighted by atomic mass is 10.1. The summed E-state index contributed by atoms with van der Waals surface area (Å²) in [4.78, 5) is 16.1. The van der Waals surface area contributed by atoms with Crippen LogP contribution in [0.15, 0.2) is 78.9 Å². The number of carbonyl (C=O) groups excluding carboxylic acids is 1. The Morgan fingerprint density at radius 2 is 1.55 bits per heavy atom. The van der Waals surface area contributed by atoms with Gasteiger partial charge in [-0.05, 0) is 29.3 Å². The summed E-state index contributed by atoms with van der Waals surface area (Å²) < 4.78 is 5.48. The molecule has 5 heteroatoms. The fourth-order valence-electron chi connectivity index (χ4n) is 4.02. The van der Waals surface area contributed by atoms with Crippen LogP contribution in [-0.4, -0.2) is 45.8 Å². The van der Waals surface area contributed by atoms with Gasteiger partial charge in [-0.25, -0.2) is 0 Å². The van der Waals surface area contributed by atoms with Crippen LogP contribution in [0.1, 0.15) is 5.56 Å². The summed E-state index contributed by atoms with van der Waals surface area (Å²) in [5, 5.41) is 3.03. The Hall–Kier alpha value is -3.15. The number of nitrogens with zero attached hydrogens (tertiary/aromatic N) is 1. The van der Waals surface area contributed by atoms with E-state index in [0.717, 1.165) is 49.0 Å². The third kappa shape index (κ3) is 5.72. The molecule has 3 aromatic rings. The van der Waals surface area contributed by atoms with Gasteiger partial charge in [-0.2, -0.15) is 0 Å². The van der Waals surface area contributed by atoms with E-state index in [-0.39, 0.29) is 5.91 Å². The summed E-state index contributed by atoms with van der Waals surface area (Å²) >= 11 is 0. The quantitative estimate of drug-likeness (QED) is 0.623. The number of quaternary nitrogens is 1. The van der Waals surface area contributed by atoms with Crippen LogP contribution in [0.2, 0.25) is 0 Å². The minimum Gasteiger partial charge on any atom is -0.378 e. The topological polar surface area (TPSA) is 46.0 Å². The van der Waals surface area contributed by atoms with Crippen LogP contribution in [0.5, 0.6) is 0 Å². The predicted octanol–water partition coefficient (Wildman–Crippen LogP) is 2.84. The Morgan fingerprint density at radius 3 is 2.29 bits per heavy atom. The van der Waals surface area contributed by atoms with Crippen molar-refractivity contribution in [2.45, 2.75) is 6.54 Å². The molecule has 1 atom stereocenters. The maximum absolute atomic E-state index is 12.6. The first-order chi connectivity index (χ1) is 15.2. The fraction of sp³-hybridized carbons (Fsp3) is 0.269. The second-order valence-corrected chi connectivity index (χ2v) is 8.03. The van der Waals surface area contributed by atoms with Crippen molar-refractivity contribution < 1.29 is 14.4 Å². The van der Waals surface area contributed by atoms with Gasteiger partial charge in [-0.1, -0.05) is 60.7 Å². The maximum Gasteiger partial charge on any atom is 0.279 e. The molecule has 0 saturated carbocycles. The average molecular weight is 417 g/mol. The number of ether oxygens (including phenoxy) is 1. The minimum atomic E-state index is 0.0221. The number of hydrogen-bond donors (Lipinski definition) is 2. The number of amides is 1. The summed E-state index contributed by atoms with van der Waals surface area (Å²) in [6, 6.07) is 26.7. The van der Waals surface area contributed by atoms with Crippen molar-refractivity contribution >= 4 is 17.3 Å². The van der Waals surface area contributed by atoms with Crippen molar-refractivity contribution in [3.05, 3.63) is 84.4 Å². The molecule has 31 heavy (non-hydrogen) atoms. The Kier molecular flexibility index (Phi) is 6.97. The van der Waals surface area contributed by atoms with Crippen molar-refractivity contribution in [1.29, 1.82) is 0 Å². The number of morpholine rings is 1. The summed E-state index contributed by atoms with van der Waals surface area (Å²) in [7, 11) is 2.06. The molecule has 1 heterocycles. The van der Waals surface area contributed by atoms with Crippen LogP contribution in [0, 0.1) is 0 Å². The molecule has 0 radical (unpaired) electrons. The van der Waals surface area contributed by atoms with E-state index in [2.05, 4.69) is 53.7 Å². The summed E-state index contributed by atoms with van der Waals surface area (Å²) in [5.74, 6) is 0.0221. The molecule has 2 N–H and O–H groups in total. The number of hydrogen-bond acceptors (Lipinski definition) is 3. The molecule has 0 aliphatic carbocycles. The molecule has 5 nitrogen and oxygen atoms in total. The van der Waals surface area contributed by atoms with Crippen LogP contribution in [0.4, 0.5) is 11.4 Å². The smallest absolute Gasteiger partial charge is 0.279 e. The second kappa shape index (κ2) is 10.2. The number of anilines is 2. The maximum atomic E-state index is 12.6. The van der Waals surface area contributed by atoms with E-state index in [1.165, 1.54) is 16.8 Å². The van der Waals surface area contributed by atoms with E-state index in [4.69, 9.17) is 4.74 Å². The minimum absolute atomic E-state index is 0.0221. The molecule has 0 spiro atoms. The first-order valence-electron chi connectivity index (χ1n) is 10.9. The van der Waals surface area contributed by atoms with Gasteiger partial charge in [0.05, 0.1) is 20.3 Å². The monoisotopic (exact) mass is 416 g/mol. The van der Waals surface area contributed by atoms with Crippen LogP contribution in [0.25, 0.3) is 11.1 Å². The zero-order valence-electron chi connectivity index (χ0n) is 18.0. The largest absolute Gasteiger partial charge is 0.378 e. The number of nitrogens with one attached hydrogen (secondary N) is 2. The molecule has 160 valence electrons. The first-order valence-corrected chi connectivity index (χ1v) is 10.9. The highest BCUT2D eigenvalue weighted by Crippen LogP contribution is 2.22. The molecule has 1 aliphatic heterocycles. The van der Waals surface area contributed by atoms with Gasteiger partial charge in [0.2, 0.25) is 0 Å². The first kappa shape index (κ1) is 21.1. The van der Waals surface area contributed by atoms with Crippen molar-refractivity contribution in [2.24, 2.45) is 0 Å². The number of likely N-dealkylation sites (N-methyl/N-ethyl adjacent to an activating group) is 1. The predicted molar refractivity (Wildman–Crippen MR) is 125 cm³/mol. The lowest BCUT2D eigenvalue weighted by Crippen LogP contribution is -3.08. The third-order valence-electron chi connectivity index (χ3n) is 5.57. The van der Waals surface area contributed by atoms with Crippen LogP contribution < -0.4 is 15.1 Å². The van der Waals surface area contributed by atoms with Gasteiger partial charge in [0.25, 0.3) is 5.91 Å². The standard InChI is InChI=1S/C26H29N3O2/c1-28(19-23-9-5-6-10-25(23)29-15-17-31-18-16-29)20-26(30)27-24-13-11-22(12-14-24)21-7-3-2-4-8-21/h2-14H,15-20H2,1H3,(H,27,30)/p+1. The molecule has 1 aliphatic rings. The highest BCUT2D eigenvalue weighted by Gasteiger charge is 2.18. The van der Waals surface area contributed by atoms with E-state index < -0.39 is 0 Å². The van der Waals surface area contributed by atoms with Crippen LogP contribution in [-0.2, 0) is 16.1 Å². The summed E-state index contributed by atoms with van der Waals surface area (Å²) in [6.07, 6.45) is 0. The molecule has 0 bridgehead atoms. The Balaban J connectivity index is 1.33. The molecular formula is C26H30N3O2+. The van der Waals surface area contributed by atoms with Crippen molar-refractivity contribution in [1.82, 2.24) is 0 Å². The van der Waals surface area contributed by atoms with Crippen molar-refractivity contribution in [2.75, 3.05) is 50.1 Å². The Labute approximate surface area is 184 Å². The summed E-state index contributed by atoms with van der Waals surface area (Å²) in [5.41, 5.74) is 5.65. The Morgan fingerprint density at radius 1 is 0.903 bits per heavy atom. The SMILES string of the molecule is C[NH+](CC(=O)Nc1ccc(-c2ccccc2)cc1)Cc1ccccc1N1CCOCC1. The van der Waals surface area contributed by atoms with Gasteiger partial charge in [0.15, 0.2) is 6.54 Å². The highest BCUT2D eigenvalue weighted by molar-refractivity contribution is 5.91. The van der Waals surface area contributed by atoms with Gasteiger partial charge < -0.3 is 19.9 Å². The molecule has 3 aromatic carbocycles. The van der Waals surface area contributed by atoms with Crippen LogP contribution >= 0.6 is 0 Å². The molecule has 0 aromatic heterocycles. The van der Waals surface area contributed by atoms with Gasteiger partial charge >= 0.3 is 0 Å². The van der Waals surface area contributed by atoms with Gasteiger partial charge in [0, 0.05) is 30.0 Å². The molecule has 4 rings (SSSR count). The zero-order chi connectivity index (χ0) is 21.5. The van der Waals surface area contributed by atoms with Gasteiger partial charge in [-0.15, -0.1) is 0 Å². The molecule has 1 amide bonds. The summed E-state index contributed by atoms with van der Waals surface area (Å²) in [6.45, 7) is 4.57. The molecule has 1 unspecified atom stereocenters. The van der Waals surface area contributed by atoms with Crippen LogP contribution in [0.3, 0.4) is 0 Å². The third-order valence-corrected chi connectivity index (χ3v) is 5.57. The number of para-hydroxylation sites is 1. The number of carbonyl (C=O) groups is 1. The van der Waals surface area contributed by atoms with E-state index >= 15 is 0 Å². The Bertz CT molecular complexity index is 983. The van der Waals surface area contributed by atoms with E-state index in [1.54, 1.807) is 0 Å². The fourth-order valence-corrected chi connectivity index (χ4v) is 4.02. The van der Waals surface area contributed by atoms with E-state index in [1.807, 2.05) is 42.5 Å². The van der Waals surface area contributed by atoms with Crippen molar-refractivity contribution in [3.63, 3.8) is 0 Å². The number of rotatable bonds is 7. The average Bonchev–Trinajstić information content (AvgIpc) is 2.81. The van der Waals surface area contributed by atoms with E-state index in [0.29, 0.717) is 6.54 Å². The lowest BCUT2D eigenvalue weighted by Gasteiger charge is -2.30. The molecular weight excluding hydrogens is 386 g/mol. The normalized spacial score (nSPS) is 14.8. The lowest BCUT2D eigenvalue weighted by molar-refractivity contribution is -0.885. The van der Waals surface area contributed by atoms with Crippen molar-refractivity contribution in [3.8, 4) is 11.1 Å². The molecule has 1 fully saturated rings. The second-order valence-electron chi connectivity index (χ2n) is 8.03. The highest BCUT2D eigenvalue weighted by atomic mass is 16.5. The number of benzene rings is 3.